The fraction of sp³-hybridized carbons (Fsp3) is 1.00. The normalized spacial score (nSPS) is 14.5. The van der Waals surface area contributed by atoms with Crippen LogP contribution in [0.4, 0.5) is 0 Å². The van der Waals surface area contributed by atoms with Gasteiger partial charge in [-0.05, 0) is 25.9 Å². The summed E-state index contributed by atoms with van der Waals surface area (Å²) in [5, 5.41) is -0.696. The van der Waals surface area contributed by atoms with Crippen molar-refractivity contribution in [2.45, 2.75) is 39.0 Å². The molecule has 0 aromatic rings. The molecular weight excluding hydrogens is 212 g/mol. The monoisotopic (exact) mass is 236 g/mol. The van der Waals surface area contributed by atoms with E-state index >= 15 is 0 Å². The standard InChI is InChI=1S/C10H24N2O2S/c1-4-9-15(13,14)10(11)7-8-12(5-2)6-3/h10H,4-9,11H2,1-3H3. The Balaban J connectivity index is 4.08. The van der Waals surface area contributed by atoms with Crippen molar-refractivity contribution in [3.8, 4) is 0 Å². The molecule has 0 amide bonds. The quantitative estimate of drug-likeness (QED) is 0.678. The van der Waals surface area contributed by atoms with Crippen LogP contribution < -0.4 is 5.73 Å². The van der Waals surface area contributed by atoms with Crippen LogP contribution in [0.15, 0.2) is 0 Å². The van der Waals surface area contributed by atoms with Crippen LogP contribution in [0.3, 0.4) is 0 Å². The van der Waals surface area contributed by atoms with E-state index in [1.807, 2.05) is 6.92 Å². The average molecular weight is 236 g/mol. The Morgan fingerprint density at radius 1 is 1.20 bits per heavy atom. The first-order valence-corrected chi connectivity index (χ1v) is 7.38. The van der Waals surface area contributed by atoms with E-state index in [0.717, 1.165) is 19.6 Å². The van der Waals surface area contributed by atoms with E-state index in [1.165, 1.54) is 0 Å². The van der Waals surface area contributed by atoms with Gasteiger partial charge in [0.25, 0.3) is 0 Å². The van der Waals surface area contributed by atoms with E-state index in [1.54, 1.807) is 0 Å². The van der Waals surface area contributed by atoms with E-state index in [0.29, 0.717) is 12.8 Å². The number of nitrogens with two attached hydrogens (primary N) is 1. The van der Waals surface area contributed by atoms with Gasteiger partial charge >= 0.3 is 0 Å². The lowest BCUT2D eigenvalue weighted by atomic mass is 10.4. The third kappa shape index (κ3) is 5.49. The molecule has 0 aliphatic carbocycles. The van der Waals surface area contributed by atoms with E-state index in [-0.39, 0.29) is 5.75 Å². The topological polar surface area (TPSA) is 63.4 Å². The van der Waals surface area contributed by atoms with Gasteiger partial charge in [-0.25, -0.2) is 8.42 Å². The molecule has 0 aliphatic heterocycles. The minimum absolute atomic E-state index is 0.201. The van der Waals surface area contributed by atoms with Crippen LogP contribution in [0.2, 0.25) is 0 Å². The van der Waals surface area contributed by atoms with Gasteiger partial charge in [-0.3, -0.25) is 0 Å². The maximum Gasteiger partial charge on any atom is 0.165 e. The van der Waals surface area contributed by atoms with Crippen molar-refractivity contribution in [2.75, 3.05) is 25.4 Å². The zero-order valence-corrected chi connectivity index (χ0v) is 10.9. The molecule has 1 unspecified atom stereocenters. The molecule has 0 aliphatic rings. The van der Waals surface area contributed by atoms with E-state index < -0.39 is 15.2 Å². The molecule has 0 radical (unpaired) electrons. The second-order valence-electron chi connectivity index (χ2n) is 3.72. The van der Waals surface area contributed by atoms with Crippen LogP contribution >= 0.6 is 0 Å². The molecule has 4 nitrogen and oxygen atoms in total. The van der Waals surface area contributed by atoms with Gasteiger partial charge in [-0.2, -0.15) is 0 Å². The van der Waals surface area contributed by atoms with Crippen molar-refractivity contribution in [2.24, 2.45) is 5.73 Å². The third-order valence-corrected chi connectivity index (χ3v) is 4.71. The number of nitrogens with zero attached hydrogens (tertiary/aromatic N) is 1. The van der Waals surface area contributed by atoms with Crippen LogP contribution in [-0.2, 0) is 9.84 Å². The second-order valence-corrected chi connectivity index (χ2v) is 6.06. The van der Waals surface area contributed by atoms with Crippen molar-refractivity contribution in [1.82, 2.24) is 4.90 Å². The van der Waals surface area contributed by atoms with Crippen LogP contribution in [0, 0.1) is 0 Å². The first-order valence-electron chi connectivity index (χ1n) is 5.67. The molecule has 0 rings (SSSR count). The number of hydrogen-bond donors (Lipinski definition) is 1. The largest absolute Gasteiger partial charge is 0.315 e. The molecule has 0 spiro atoms. The van der Waals surface area contributed by atoms with E-state index in [2.05, 4.69) is 18.7 Å². The Morgan fingerprint density at radius 3 is 2.13 bits per heavy atom. The molecule has 92 valence electrons. The molecule has 0 fully saturated rings. The van der Waals surface area contributed by atoms with Gasteiger partial charge in [0, 0.05) is 6.54 Å². The van der Waals surface area contributed by atoms with Crippen LogP contribution in [0.1, 0.15) is 33.6 Å². The second kappa shape index (κ2) is 7.19. The number of rotatable bonds is 8. The predicted octanol–water partition coefficient (Wildman–Crippen LogP) is 0.828. The highest BCUT2D eigenvalue weighted by Gasteiger charge is 2.20. The van der Waals surface area contributed by atoms with Gasteiger partial charge in [-0.1, -0.05) is 20.8 Å². The van der Waals surface area contributed by atoms with Crippen LogP contribution in [0.5, 0.6) is 0 Å². The summed E-state index contributed by atoms with van der Waals surface area (Å²) in [5.74, 6) is 0.201. The van der Waals surface area contributed by atoms with Gasteiger partial charge in [0.05, 0.1) is 5.75 Å². The molecule has 2 N–H and O–H groups in total. The fourth-order valence-electron chi connectivity index (χ4n) is 1.47. The minimum atomic E-state index is -3.07. The molecule has 1 atom stereocenters. The zero-order valence-electron chi connectivity index (χ0n) is 10.1. The molecule has 0 aromatic carbocycles. The lowest BCUT2D eigenvalue weighted by Crippen LogP contribution is -2.36. The summed E-state index contributed by atoms with van der Waals surface area (Å²) in [6.07, 6.45) is 1.17. The molecule has 0 saturated carbocycles. The van der Waals surface area contributed by atoms with E-state index in [9.17, 15) is 8.42 Å². The molecule has 0 aromatic heterocycles. The van der Waals surface area contributed by atoms with Gasteiger partial charge in [-0.15, -0.1) is 0 Å². The van der Waals surface area contributed by atoms with Gasteiger partial charge in [0.2, 0.25) is 0 Å². The predicted molar refractivity (Wildman–Crippen MR) is 64.5 cm³/mol. The highest BCUT2D eigenvalue weighted by Crippen LogP contribution is 2.04. The van der Waals surface area contributed by atoms with Gasteiger partial charge < -0.3 is 10.6 Å². The van der Waals surface area contributed by atoms with Crippen molar-refractivity contribution >= 4 is 9.84 Å². The Hall–Kier alpha value is -0.130. The molecule has 5 heteroatoms. The maximum atomic E-state index is 11.6. The lowest BCUT2D eigenvalue weighted by molar-refractivity contribution is 0.298. The van der Waals surface area contributed by atoms with Gasteiger partial charge in [0.1, 0.15) is 5.37 Å². The van der Waals surface area contributed by atoms with Gasteiger partial charge in [0.15, 0.2) is 9.84 Å². The smallest absolute Gasteiger partial charge is 0.165 e. The molecular formula is C10H24N2O2S. The summed E-state index contributed by atoms with van der Waals surface area (Å²) >= 11 is 0. The Bertz CT molecular complexity index is 248. The third-order valence-electron chi connectivity index (χ3n) is 2.57. The highest BCUT2D eigenvalue weighted by atomic mass is 32.2. The molecule has 0 bridgehead atoms. The molecule has 0 saturated heterocycles. The maximum absolute atomic E-state index is 11.6. The van der Waals surface area contributed by atoms with Crippen molar-refractivity contribution < 1.29 is 8.42 Å². The summed E-state index contributed by atoms with van der Waals surface area (Å²) < 4.78 is 23.2. The SMILES string of the molecule is CCCS(=O)(=O)C(N)CCN(CC)CC. The fourth-order valence-corrected chi connectivity index (χ4v) is 2.80. The Morgan fingerprint density at radius 2 is 1.73 bits per heavy atom. The highest BCUT2D eigenvalue weighted by molar-refractivity contribution is 7.91. The first-order chi connectivity index (χ1) is 6.97. The summed E-state index contributed by atoms with van der Waals surface area (Å²) in [4.78, 5) is 2.18. The molecule has 15 heavy (non-hydrogen) atoms. The first kappa shape index (κ1) is 14.9. The summed E-state index contributed by atoms with van der Waals surface area (Å²) in [6.45, 7) is 8.63. The average Bonchev–Trinajstić information content (AvgIpc) is 2.19. The number of sulfone groups is 1. The summed E-state index contributed by atoms with van der Waals surface area (Å²) in [6, 6.07) is 0. The lowest BCUT2D eigenvalue weighted by Gasteiger charge is -2.20. The zero-order chi connectivity index (χ0) is 11.9. The van der Waals surface area contributed by atoms with E-state index in [4.69, 9.17) is 5.73 Å². The minimum Gasteiger partial charge on any atom is -0.315 e. The Labute approximate surface area is 93.7 Å². The number of hydrogen-bond acceptors (Lipinski definition) is 4. The van der Waals surface area contributed by atoms with Crippen LogP contribution in [0.25, 0.3) is 0 Å². The Kier molecular flexibility index (Phi) is 7.13. The molecule has 0 heterocycles. The van der Waals surface area contributed by atoms with Crippen molar-refractivity contribution in [3.63, 3.8) is 0 Å². The summed E-state index contributed by atoms with van der Waals surface area (Å²) in [7, 11) is -3.07. The van der Waals surface area contributed by atoms with Crippen LogP contribution in [-0.4, -0.2) is 44.1 Å². The van der Waals surface area contributed by atoms with Crippen molar-refractivity contribution in [1.29, 1.82) is 0 Å². The van der Waals surface area contributed by atoms with Crippen molar-refractivity contribution in [3.05, 3.63) is 0 Å². The summed E-state index contributed by atoms with van der Waals surface area (Å²) in [5.41, 5.74) is 5.68.